The number of amides is 1. The standard InChI is InChI=1S/C11H13N3O3S2/c1-3-7(2)11(15)14-19(16,17)9-6-4-5-8-10(9)13-18-12-8/h4-7H,3H2,1-2H3,(H,14,15). The molecular formula is C11H13N3O3S2. The number of sulfonamides is 1. The monoisotopic (exact) mass is 299 g/mol. The first-order valence-corrected chi connectivity index (χ1v) is 7.95. The zero-order valence-corrected chi connectivity index (χ0v) is 12.1. The summed E-state index contributed by atoms with van der Waals surface area (Å²) in [6.45, 7) is 3.50. The van der Waals surface area contributed by atoms with Gasteiger partial charge in [0.05, 0.1) is 11.7 Å². The lowest BCUT2D eigenvalue weighted by Gasteiger charge is -2.10. The van der Waals surface area contributed by atoms with Crippen molar-refractivity contribution < 1.29 is 13.2 Å². The van der Waals surface area contributed by atoms with Crippen molar-refractivity contribution in [3.8, 4) is 0 Å². The first-order valence-electron chi connectivity index (χ1n) is 5.73. The average molecular weight is 299 g/mol. The number of carbonyl (C=O) groups excluding carboxylic acids is 1. The van der Waals surface area contributed by atoms with Crippen molar-refractivity contribution in [2.24, 2.45) is 5.92 Å². The Morgan fingerprint density at radius 3 is 2.84 bits per heavy atom. The van der Waals surface area contributed by atoms with Crippen LogP contribution in [-0.2, 0) is 14.8 Å². The van der Waals surface area contributed by atoms with E-state index in [9.17, 15) is 13.2 Å². The summed E-state index contributed by atoms with van der Waals surface area (Å²) in [6, 6.07) is 4.66. The van der Waals surface area contributed by atoms with E-state index >= 15 is 0 Å². The normalized spacial score (nSPS) is 13.4. The quantitative estimate of drug-likeness (QED) is 0.925. The molecule has 6 nitrogen and oxygen atoms in total. The highest BCUT2D eigenvalue weighted by Gasteiger charge is 2.23. The van der Waals surface area contributed by atoms with Crippen LogP contribution in [-0.4, -0.2) is 23.1 Å². The number of hydrogen-bond acceptors (Lipinski definition) is 6. The molecule has 1 N–H and O–H groups in total. The summed E-state index contributed by atoms with van der Waals surface area (Å²) in [5.41, 5.74) is 0.792. The molecule has 0 saturated carbocycles. The van der Waals surface area contributed by atoms with Gasteiger partial charge in [-0.1, -0.05) is 19.9 Å². The van der Waals surface area contributed by atoms with Crippen LogP contribution in [0.3, 0.4) is 0 Å². The van der Waals surface area contributed by atoms with Crippen molar-refractivity contribution in [2.45, 2.75) is 25.2 Å². The van der Waals surface area contributed by atoms with Gasteiger partial charge >= 0.3 is 0 Å². The number of fused-ring (bicyclic) bond motifs is 1. The molecule has 8 heteroatoms. The van der Waals surface area contributed by atoms with Crippen LogP contribution >= 0.6 is 11.7 Å². The third kappa shape index (κ3) is 2.74. The van der Waals surface area contributed by atoms with Gasteiger partial charge in [0.25, 0.3) is 10.0 Å². The summed E-state index contributed by atoms with van der Waals surface area (Å²) in [6.07, 6.45) is 0.573. The topological polar surface area (TPSA) is 89.0 Å². The van der Waals surface area contributed by atoms with Crippen LogP contribution in [0.5, 0.6) is 0 Å². The van der Waals surface area contributed by atoms with E-state index in [4.69, 9.17) is 0 Å². The highest BCUT2D eigenvalue weighted by Crippen LogP contribution is 2.21. The largest absolute Gasteiger partial charge is 0.274 e. The summed E-state index contributed by atoms with van der Waals surface area (Å²) in [5.74, 6) is -0.870. The van der Waals surface area contributed by atoms with E-state index < -0.39 is 15.9 Å². The molecule has 19 heavy (non-hydrogen) atoms. The van der Waals surface area contributed by atoms with Crippen LogP contribution in [0.2, 0.25) is 0 Å². The highest BCUT2D eigenvalue weighted by molar-refractivity contribution is 7.90. The second-order valence-corrected chi connectivity index (χ2v) is 6.35. The Morgan fingerprint density at radius 1 is 1.42 bits per heavy atom. The van der Waals surface area contributed by atoms with E-state index in [0.717, 1.165) is 11.7 Å². The van der Waals surface area contributed by atoms with Gasteiger partial charge in [0.15, 0.2) is 0 Å². The van der Waals surface area contributed by atoms with E-state index in [1.165, 1.54) is 6.07 Å². The fourth-order valence-electron chi connectivity index (χ4n) is 1.47. The molecule has 0 aliphatic heterocycles. The summed E-state index contributed by atoms with van der Waals surface area (Å²) < 4.78 is 34.4. The smallest absolute Gasteiger partial charge is 0.266 e. The second-order valence-electron chi connectivity index (χ2n) is 4.17. The Morgan fingerprint density at radius 2 is 2.16 bits per heavy atom. The van der Waals surface area contributed by atoms with Gasteiger partial charge in [-0.05, 0) is 18.6 Å². The Hall–Kier alpha value is -1.54. The van der Waals surface area contributed by atoms with Crippen molar-refractivity contribution in [2.75, 3.05) is 0 Å². The molecule has 102 valence electrons. The van der Waals surface area contributed by atoms with Gasteiger partial charge in [0, 0.05) is 5.92 Å². The number of nitrogens with zero attached hydrogens (tertiary/aromatic N) is 2. The third-order valence-corrected chi connectivity index (χ3v) is 4.75. The highest BCUT2D eigenvalue weighted by atomic mass is 32.2. The SMILES string of the molecule is CCC(C)C(=O)NS(=O)(=O)c1cccc2nsnc12. The molecule has 0 fully saturated rings. The first kappa shape index (κ1) is 13.9. The van der Waals surface area contributed by atoms with Gasteiger partial charge in [-0.3, -0.25) is 4.79 Å². The number of hydrogen-bond donors (Lipinski definition) is 1. The minimum atomic E-state index is -3.91. The lowest BCUT2D eigenvalue weighted by molar-refractivity contribution is -0.122. The van der Waals surface area contributed by atoms with E-state index in [2.05, 4.69) is 13.5 Å². The van der Waals surface area contributed by atoms with Gasteiger partial charge in [-0.2, -0.15) is 8.75 Å². The molecule has 0 saturated heterocycles. The van der Waals surface area contributed by atoms with Gasteiger partial charge in [0.2, 0.25) is 5.91 Å². The van der Waals surface area contributed by atoms with Gasteiger partial charge in [-0.25, -0.2) is 13.1 Å². The minimum absolute atomic E-state index is 0.0181. The lowest BCUT2D eigenvalue weighted by atomic mass is 10.1. The molecule has 1 aromatic carbocycles. The minimum Gasteiger partial charge on any atom is -0.274 e. The molecule has 1 atom stereocenters. The number of nitrogens with one attached hydrogen (secondary N) is 1. The zero-order chi connectivity index (χ0) is 14.0. The molecule has 2 aromatic rings. The number of rotatable bonds is 4. The fourth-order valence-corrected chi connectivity index (χ4v) is 3.32. The van der Waals surface area contributed by atoms with Crippen molar-refractivity contribution in [1.29, 1.82) is 0 Å². The maximum atomic E-state index is 12.2. The van der Waals surface area contributed by atoms with Crippen LogP contribution in [0.15, 0.2) is 23.1 Å². The van der Waals surface area contributed by atoms with Crippen molar-refractivity contribution in [1.82, 2.24) is 13.5 Å². The predicted octanol–water partition coefficient (Wildman–Crippen LogP) is 1.54. The molecule has 0 aliphatic rings. The summed E-state index contributed by atoms with van der Waals surface area (Å²) in [7, 11) is -3.91. The van der Waals surface area contributed by atoms with Gasteiger partial charge in [0.1, 0.15) is 15.9 Å². The maximum absolute atomic E-state index is 12.2. The Kier molecular flexibility index (Phi) is 3.81. The van der Waals surface area contributed by atoms with Crippen molar-refractivity contribution >= 4 is 38.7 Å². The molecule has 1 heterocycles. The fraction of sp³-hybridized carbons (Fsp3) is 0.364. The first-order chi connectivity index (χ1) is 8.95. The molecule has 0 spiro atoms. The Balaban J connectivity index is 2.40. The van der Waals surface area contributed by atoms with E-state index in [-0.39, 0.29) is 16.3 Å². The molecule has 0 bridgehead atoms. The van der Waals surface area contributed by atoms with Crippen LogP contribution in [0.1, 0.15) is 20.3 Å². The summed E-state index contributed by atoms with van der Waals surface area (Å²) in [5, 5.41) is 0. The molecule has 1 amide bonds. The predicted molar refractivity (Wildman–Crippen MR) is 72.2 cm³/mol. The average Bonchev–Trinajstić information content (AvgIpc) is 2.84. The van der Waals surface area contributed by atoms with E-state index in [1.807, 2.05) is 6.92 Å². The third-order valence-electron chi connectivity index (χ3n) is 2.83. The summed E-state index contributed by atoms with van der Waals surface area (Å²) >= 11 is 0.936. The van der Waals surface area contributed by atoms with Crippen molar-refractivity contribution in [3.63, 3.8) is 0 Å². The second kappa shape index (κ2) is 5.22. The van der Waals surface area contributed by atoms with E-state index in [1.54, 1.807) is 19.1 Å². The number of benzene rings is 1. The Bertz CT molecular complexity index is 709. The van der Waals surface area contributed by atoms with Crippen molar-refractivity contribution in [3.05, 3.63) is 18.2 Å². The molecule has 0 aliphatic carbocycles. The van der Waals surface area contributed by atoms with Crippen LogP contribution in [0.4, 0.5) is 0 Å². The molecular weight excluding hydrogens is 286 g/mol. The van der Waals surface area contributed by atoms with Gasteiger partial charge in [-0.15, -0.1) is 0 Å². The molecule has 2 rings (SSSR count). The van der Waals surface area contributed by atoms with E-state index in [0.29, 0.717) is 11.9 Å². The number of aromatic nitrogens is 2. The maximum Gasteiger partial charge on any atom is 0.266 e. The van der Waals surface area contributed by atoms with Gasteiger partial charge < -0.3 is 0 Å². The molecule has 1 aromatic heterocycles. The zero-order valence-electron chi connectivity index (χ0n) is 10.5. The Labute approximate surface area is 115 Å². The van der Waals surface area contributed by atoms with Crippen LogP contribution < -0.4 is 4.72 Å². The van der Waals surface area contributed by atoms with Crippen LogP contribution in [0.25, 0.3) is 11.0 Å². The van der Waals surface area contributed by atoms with Crippen LogP contribution in [0, 0.1) is 5.92 Å². The molecule has 0 radical (unpaired) electrons. The number of carbonyl (C=O) groups is 1. The molecule has 1 unspecified atom stereocenters. The summed E-state index contributed by atoms with van der Waals surface area (Å²) in [4.78, 5) is 11.7. The lowest BCUT2D eigenvalue weighted by Crippen LogP contribution is -2.34.